The zero-order valence-corrected chi connectivity index (χ0v) is 7.99. The number of aromatic nitrogens is 2. The molecule has 0 aliphatic heterocycles. The standard InChI is InChI=1S/C9H7F3N4/c10-9(11,12)7-6(3-1-2-4-13)5-15-8(14)16-7/h1,3,5H,2H2,(H2,14,15,16). The van der Waals surface area contributed by atoms with Crippen LogP contribution < -0.4 is 5.73 Å². The van der Waals surface area contributed by atoms with Crippen molar-refractivity contribution in [3.05, 3.63) is 23.5 Å². The second-order valence-corrected chi connectivity index (χ2v) is 2.79. The van der Waals surface area contributed by atoms with E-state index in [1.54, 1.807) is 6.07 Å². The molecular weight excluding hydrogens is 221 g/mol. The Labute approximate surface area is 89.2 Å². The van der Waals surface area contributed by atoms with E-state index < -0.39 is 17.8 Å². The van der Waals surface area contributed by atoms with Gasteiger partial charge in [-0.05, 0) is 0 Å². The summed E-state index contributed by atoms with van der Waals surface area (Å²) in [7, 11) is 0. The van der Waals surface area contributed by atoms with Crippen LogP contribution in [0.1, 0.15) is 17.7 Å². The van der Waals surface area contributed by atoms with Gasteiger partial charge in [0.15, 0.2) is 5.69 Å². The minimum atomic E-state index is -4.59. The molecular formula is C9H7F3N4. The van der Waals surface area contributed by atoms with Crippen molar-refractivity contribution < 1.29 is 13.2 Å². The smallest absolute Gasteiger partial charge is 0.368 e. The van der Waals surface area contributed by atoms with Gasteiger partial charge in [-0.25, -0.2) is 9.97 Å². The first kappa shape index (κ1) is 12.0. The van der Waals surface area contributed by atoms with Gasteiger partial charge in [0, 0.05) is 11.8 Å². The maximum absolute atomic E-state index is 12.5. The molecule has 0 aliphatic rings. The Morgan fingerprint density at radius 1 is 1.50 bits per heavy atom. The summed E-state index contributed by atoms with van der Waals surface area (Å²) in [5.41, 5.74) is 3.77. The molecule has 0 aliphatic carbocycles. The molecule has 0 amide bonds. The maximum atomic E-state index is 12.5. The molecule has 0 fully saturated rings. The van der Waals surface area contributed by atoms with Crippen LogP contribution in [-0.4, -0.2) is 9.97 Å². The highest BCUT2D eigenvalue weighted by Gasteiger charge is 2.35. The number of nitrogen functional groups attached to an aromatic ring is 1. The van der Waals surface area contributed by atoms with Crippen molar-refractivity contribution in [2.24, 2.45) is 0 Å². The molecule has 0 bridgehead atoms. The van der Waals surface area contributed by atoms with E-state index in [0.29, 0.717) is 0 Å². The summed E-state index contributed by atoms with van der Waals surface area (Å²) in [5.74, 6) is -0.440. The number of hydrogen-bond donors (Lipinski definition) is 1. The van der Waals surface area contributed by atoms with E-state index in [4.69, 9.17) is 11.0 Å². The molecule has 0 atom stereocenters. The summed E-state index contributed by atoms with van der Waals surface area (Å²) >= 11 is 0. The van der Waals surface area contributed by atoms with Crippen molar-refractivity contribution >= 4 is 12.0 Å². The first-order valence-electron chi connectivity index (χ1n) is 4.18. The number of nitrogens with two attached hydrogens (primary N) is 1. The normalized spacial score (nSPS) is 11.6. The molecule has 1 rings (SSSR count). The van der Waals surface area contributed by atoms with Gasteiger partial charge in [-0.2, -0.15) is 18.4 Å². The molecule has 2 N–H and O–H groups in total. The Bertz CT molecular complexity index is 445. The molecule has 0 aromatic carbocycles. The SMILES string of the molecule is N#CCC=Cc1cnc(N)nc1C(F)(F)F. The number of nitriles is 1. The number of halogens is 3. The van der Waals surface area contributed by atoms with Gasteiger partial charge >= 0.3 is 6.18 Å². The largest absolute Gasteiger partial charge is 0.434 e. The highest BCUT2D eigenvalue weighted by atomic mass is 19.4. The molecule has 0 radical (unpaired) electrons. The molecule has 1 heterocycles. The Kier molecular flexibility index (Phi) is 3.45. The van der Waals surface area contributed by atoms with Crippen molar-refractivity contribution in [2.75, 3.05) is 5.73 Å². The van der Waals surface area contributed by atoms with Gasteiger partial charge in [0.25, 0.3) is 0 Å². The van der Waals surface area contributed by atoms with Gasteiger partial charge in [0.05, 0.1) is 12.5 Å². The number of nitrogens with zero attached hydrogens (tertiary/aromatic N) is 3. The first-order valence-corrected chi connectivity index (χ1v) is 4.18. The van der Waals surface area contributed by atoms with Gasteiger partial charge in [0.2, 0.25) is 5.95 Å². The Balaban J connectivity index is 3.14. The Hall–Kier alpha value is -2.10. The second kappa shape index (κ2) is 4.61. The van der Waals surface area contributed by atoms with Crippen molar-refractivity contribution in [1.82, 2.24) is 9.97 Å². The molecule has 4 nitrogen and oxygen atoms in total. The van der Waals surface area contributed by atoms with Crippen LogP contribution in [-0.2, 0) is 6.18 Å². The minimum absolute atomic E-state index is 0.0155. The highest BCUT2D eigenvalue weighted by Crippen LogP contribution is 2.30. The summed E-state index contributed by atoms with van der Waals surface area (Å²) in [6.07, 6.45) is -1.17. The van der Waals surface area contributed by atoms with Gasteiger partial charge in [-0.3, -0.25) is 0 Å². The van der Waals surface area contributed by atoms with Crippen molar-refractivity contribution in [3.63, 3.8) is 0 Å². The summed E-state index contributed by atoms with van der Waals surface area (Å²) < 4.78 is 37.5. The van der Waals surface area contributed by atoms with Gasteiger partial charge in [-0.1, -0.05) is 12.2 Å². The number of alkyl halides is 3. The molecule has 0 spiro atoms. The number of rotatable bonds is 2. The van der Waals surface area contributed by atoms with E-state index >= 15 is 0 Å². The molecule has 0 saturated heterocycles. The van der Waals surface area contributed by atoms with Crippen LogP contribution in [0.15, 0.2) is 12.3 Å². The lowest BCUT2D eigenvalue weighted by Gasteiger charge is -2.08. The summed E-state index contributed by atoms with van der Waals surface area (Å²) in [5, 5.41) is 8.24. The van der Waals surface area contributed by atoms with Crippen LogP contribution in [0, 0.1) is 11.3 Å². The lowest BCUT2D eigenvalue weighted by atomic mass is 10.2. The predicted molar refractivity (Wildman–Crippen MR) is 50.7 cm³/mol. The van der Waals surface area contributed by atoms with E-state index in [2.05, 4.69) is 9.97 Å². The fraction of sp³-hybridized carbons (Fsp3) is 0.222. The fourth-order valence-electron chi connectivity index (χ4n) is 0.992. The third-order valence-electron chi connectivity index (χ3n) is 1.61. The predicted octanol–water partition coefficient (Wildman–Crippen LogP) is 2.00. The minimum Gasteiger partial charge on any atom is -0.368 e. The summed E-state index contributed by atoms with van der Waals surface area (Å²) in [6, 6.07) is 1.77. The Morgan fingerprint density at radius 2 is 2.19 bits per heavy atom. The maximum Gasteiger partial charge on any atom is 0.434 e. The van der Waals surface area contributed by atoms with Crippen LogP contribution in [0.4, 0.5) is 19.1 Å². The lowest BCUT2D eigenvalue weighted by molar-refractivity contribution is -0.141. The monoisotopic (exact) mass is 228 g/mol. The third-order valence-corrected chi connectivity index (χ3v) is 1.61. The lowest BCUT2D eigenvalue weighted by Crippen LogP contribution is -2.12. The van der Waals surface area contributed by atoms with Crippen LogP contribution >= 0.6 is 0 Å². The van der Waals surface area contributed by atoms with E-state index in [-0.39, 0.29) is 12.0 Å². The average molecular weight is 228 g/mol. The molecule has 16 heavy (non-hydrogen) atoms. The third kappa shape index (κ3) is 2.95. The van der Waals surface area contributed by atoms with Crippen LogP contribution in [0.5, 0.6) is 0 Å². The molecule has 7 heteroatoms. The molecule has 84 valence electrons. The quantitative estimate of drug-likeness (QED) is 0.839. The van der Waals surface area contributed by atoms with Crippen molar-refractivity contribution in [3.8, 4) is 6.07 Å². The topological polar surface area (TPSA) is 75.6 Å². The Morgan fingerprint density at radius 3 is 2.75 bits per heavy atom. The molecule has 0 saturated carbocycles. The van der Waals surface area contributed by atoms with E-state index in [1.807, 2.05) is 0 Å². The van der Waals surface area contributed by atoms with E-state index in [9.17, 15) is 13.2 Å². The zero-order valence-electron chi connectivity index (χ0n) is 7.99. The average Bonchev–Trinajstić information content (AvgIpc) is 2.19. The van der Waals surface area contributed by atoms with Crippen molar-refractivity contribution in [1.29, 1.82) is 5.26 Å². The van der Waals surface area contributed by atoms with E-state index in [1.165, 1.54) is 6.08 Å². The number of hydrogen-bond acceptors (Lipinski definition) is 4. The summed E-state index contributed by atoms with van der Waals surface area (Å²) in [6.45, 7) is 0. The molecule has 1 aromatic rings. The summed E-state index contributed by atoms with van der Waals surface area (Å²) in [4.78, 5) is 6.60. The highest BCUT2D eigenvalue weighted by molar-refractivity contribution is 5.52. The van der Waals surface area contributed by atoms with Crippen LogP contribution in [0.3, 0.4) is 0 Å². The van der Waals surface area contributed by atoms with Gasteiger partial charge < -0.3 is 5.73 Å². The van der Waals surface area contributed by atoms with E-state index in [0.717, 1.165) is 12.3 Å². The second-order valence-electron chi connectivity index (χ2n) is 2.79. The van der Waals surface area contributed by atoms with Gasteiger partial charge in [0.1, 0.15) is 0 Å². The van der Waals surface area contributed by atoms with Crippen LogP contribution in [0.2, 0.25) is 0 Å². The molecule has 0 unspecified atom stereocenters. The van der Waals surface area contributed by atoms with Gasteiger partial charge in [-0.15, -0.1) is 0 Å². The van der Waals surface area contributed by atoms with Crippen LogP contribution in [0.25, 0.3) is 6.08 Å². The zero-order chi connectivity index (χ0) is 12.2. The molecule has 1 aromatic heterocycles. The number of allylic oxidation sites excluding steroid dienone is 1. The fourth-order valence-corrected chi connectivity index (χ4v) is 0.992. The van der Waals surface area contributed by atoms with Crippen molar-refractivity contribution in [2.45, 2.75) is 12.6 Å². The first-order chi connectivity index (χ1) is 7.45. The number of anilines is 1.